The highest BCUT2D eigenvalue weighted by atomic mass is 16.3. The third kappa shape index (κ3) is 2.74. The standard InChI is InChI=1S/C23H23NO7/c24-22(30)18-15(26)8-12-6-11-7-13-10(5-9-1-2-9)3-4-14(25)17(13)19(27)16(11)20(28)23(12,31)21(18)29/h3-4,9,11-12,16,18,25,31H,1-2,5-8H2,(H2,24,30)/t11?,12?,16?,18?,23-/m0/s1. The molecule has 0 radical (unpaired) electrons. The van der Waals surface area contributed by atoms with Gasteiger partial charge in [-0.25, -0.2) is 0 Å². The minimum atomic E-state index is -2.59. The number of carbonyl (C=O) groups excluding carboxylic acids is 5. The molecule has 0 aliphatic heterocycles. The highest BCUT2D eigenvalue weighted by molar-refractivity contribution is 6.31. The molecule has 8 heteroatoms. The summed E-state index contributed by atoms with van der Waals surface area (Å²) in [6, 6.07) is 3.26. The Morgan fingerprint density at radius 2 is 1.81 bits per heavy atom. The molecule has 31 heavy (non-hydrogen) atoms. The minimum absolute atomic E-state index is 0.0839. The molecule has 5 rings (SSSR count). The number of aromatic hydroxyl groups is 1. The van der Waals surface area contributed by atoms with E-state index in [1.807, 2.05) is 6.07 Å². The number of carbonyl (C=O) groups is 5. The van der Waals surface area contributed by atoms with Crippen LogP contribution >= 0.6 is 0 Å². The van der Waals surface area contributed by atoms with Crippen molar-refractivity contribution in [2.24, 2.45) is 35.3 Å². The van der Waals surface area contributed by atoms with Crippen LogP contribution in [-0.2, 0) is 32.0 Å². The van der Waals surface area contributed by atoms with E-state index < -0.39 is 58.3 Å². The van der Waals surface area contributed by atoms with Crippen molar-refractivity contribution in [1.82, 2.24) is 0 Å². The van der Waals surface area contributed by atoms with Crippen LogP contribution in [0.15, 0.2) is 12.1 Å². The van der Waals surface area contributed by atoms with Crippen LogP contribution in [0.5, 0.6) is 5.75 Å². The van der Waals surface area contributed by atoms with Crippen LogP contribution in [0.25, 0.3) is 0 Å². The maximum Gasteiger partial charge on any atom is 0.235 e. The van der Waals surface area contributed by atoms with Crippen LogP contribution in [0.1, 0.15) is 47.2 Å². The van der Waals surface area contributed by atoms with Gasteiger partial charge in [-0.2, -0.15) is 0 Å². The van der Waals surface area contributed by atoms with Gasteiger partial charge in [-0.1, -0.05) is 6.07 Å². The van der Waals surface area contributed by atoms with Gasteiger partial charge in [0, 0.05) is 12.3 Å². The predicted molar refractivity (Wildman–Crippen MR) is 105 cm³/mol. The molecule has 162 valence electrons. The van der Waals surface area contributed by atoms with Crippen molar-refractivity contribution in [2.45, 2.75) is 44.1 Å². The van der Waals surface area contributed by atoms with E-state index >= 15 is 0 Å². The lowest BCUT2D eigenvalue weighted by atomic mass is 9.53. The van der Waals surface area contributed by atoms with Gasteiger partial charge >= 0.3 is 0 Å². The number of primary amides is 1. The van der Waals surface area contributed by atoms with E-state index in [0.717, 1.165) is 30.4 Å². The molecule has 1 amide bonds. The molecule has 0 aromatic heterocycles. The van der Waals surface area contributed by atoms with E-state index in [9.17, 15) is 34.2 Å². The summed E-state index contributed by atoms with van der Waals surface area (Å²) in [4.78, 5) is 63.6. The predicted octanol–water partition coefficient (Wildman–Crippen LogP) is 0.279. The Morgan fingerprint density at radius 3 is 2.45 bits per heavy atom. The zero-order valence-electron chi connectivity index (χ0n) is 16.8. The molecule has 5 atom stereocenters. The summed E-state index contributed by atoms with van der Waals surface area (Å²) in [6.45, 7) is 0. The van der Waals surface area contributed by atoms with Gasteiger partial charge in [0.25, 0.3) is 0 Å². The van der Waals surface area contributed by atoms with Crippen LogP contribution in [0.3, 0.4) is 0 Å². The van der Waals surface area contributed by atoms with Crippen molar-refractivity contribution in [3.8, 4) is 5.75 Å². The Kier molecular flexibility index (Phi) is 4.25. The van der Waals surface area contributed by atoms with Crippen LogP contribution < -0.4 is 5.73 Å². The molecule has 4 unspecified atom stereocenters. The van der Waals surface area contributed by atoms with E-state index in [-0.39, 0.29) is 24.2 Å². The number of hydrogen-bond acceptors (Lipinski definition) is 7. The normalized spacial score (nSPS) is 34.7. The quantitative estimate of drug-likeness (QED) is 0.588. The number of phenols is 1. The number of fused-ring (bicyclic) bond motifs is 3. The van der Waals surface area contributed by atoms with Gasteiger partial charge in [0.2, 0.25) is 5.91 Å². The highest BCUT2D eigenvalue weighted by Crippen LogP contribution is 2.50. The number of rotatable bonds is 3. The second-order valence-electron chi connectivity index (χ2n) is 9.48. The summed E-state index contributed by atoms with van der Waals surface area (Å²) in [5, 5.41) is 21.6. The van der Waals surface area contributed by atoms with Gasteiger partial charge in [-0.05, 0) is 61.1 Å². The summed E-state index contributed by atoms with van der Waals surface area (Å²) in [7, 11) is 0. The summed E-state index contributed by atoms with van der Waals surface area (Å²) in [5.41, 5.74) is 4.36. The molecule has 0 spiro atoms. The molecule has 4 aliphatic rings. The first kappa shape index (κ1) is 20.1. The number of Topliss-reactive ketones (excluding diaryl/α,β-unsaturated/α-hetero) is 4. The monoisotopic (exact) mass is 425 g/mol. The van der Waals surface area contributed by atoms with Crippen LogP contribution in [0, 0.1) is 29.6 Å². The third-order valence-corrected chi connectivity index (χ3v) is 7.59. The average molecular weight is 425 g/mol. The SMILES string of the molecule is NC(=O)C1C(=O)CC2CC3Cc4c(CC5CC5)ccc(O)c4C(=O)C3C(=O)[C@]2(O)C1=O. The van der Waals surface area contributed by atoms with Crippen LogP contribution in [0.2, 0.25) is 0 Å². The van der Waals surface area contributed by atoms with E-state index in [1.54, 1.807) is 0 Å². The molecular weight excluding hydrogens is 402 g/mol. The largest absolute Gasteiger partial charge is 0.507 e. The van der Waals surface area contributed by atoms with Crippen LogP contribution in [-0.4, -0.2) is 44.9 Å². The van der Waals surface area contributed by atoms with Gasteiger partial charge in [0.15, 0.2) is 34.7 Å². The fourth-order valence-corrected chi connectivity index (χ4v) is 5.86. The number of phenolic OH excluding ortho intramolecular Hbond substituents is 1. The molecule has 0 bridgehead atoms. The number of aliphatic hydroxyl groups is 1. The van der Waals surface area contributed by atoms with E-state index in [4.69, 9.17) is 5.73 Å². The van der Waals surface area contributed by atoms with Crippen molar-refractivity contribution in [2.75, 3.05) is 0 Å². The smallest absolute Gasteiger partial charge is 0.235 e. The first-order valence-electron chi connectivity index (χ1n) is 10.7. The molecule has 0 heterocycles. The zero-order valence-corrected chi connectivity index (χ0v) is 16.8. The molecule has 4 aliphatic carbocycles. The number of ketones is 4. The first-order chi connectivity index (χ1) is 14.6. The fraction of sp³-hybridized carbons (Fsp3) is 0.522. The topological polar surface area (TPSA) is 152 Å². The van der Waals surface area contributed by atoms with Crippen molar-refractivity contribution in [1.29, 1.82) is 0 Å². The number of hydrogen-bond donors (Lipinski definition) is 3. The highest BCUT2D eigenvalue weighted by Gasteiger charge is 2.66. The zero-order chi connectivity index (χ0) is 22.2. The number of amides is 1. The minimum Gasteiger partial charge on any atom is -0.507 e. The van der Waals surface area contributed by atoms with Crippen molar-refractivity contribution in [3.05, 3.63) is 28.8 Å². The third-order valence-electron chi connectivity index (χ3n) is 7.59. The summed E-state index contributed by atoms with van der Waals surface area (Å²) < 4.78 is 0. The van der Waals surface area contributed by atoms with Crippen LogP contribution in [0.4, 0.5) is 0 Å². The molecule has 4 N–H and O–H groups in total. The molecule has 1 aromatic carbocycles. The van der Waals surface area contributed by atoms with Gasteiger partial charge in [-0.3, -0.25) is 24.0 Å². The Labute approximate surface area is 177 Å². The first-order valence-corrected chi connectivity index (χ1v) is 10.7. The second kappa shape index (κ2) is 6.56. The molecular formula is C23H23NO7. The number of nitrogens with two attached hydrogens (primary N) is 1. The van der Waals surface area contributed by atoms with Crippen molar-refractivity contribution < 1.29 is 34.2 Å². The molecule has 3 fully saturated rings. The molecule has 8 nitrogen and oxygen atoms in total. The Morgan fingerprint density at radius 1 is 1.10 bits per heavy atom. The molecule has 3 saturated carbocycles. The van der Waals surface area contributed by atoms with Gasteiger partial charge in [-0.15, -0.1) is 0 Å². The maximum atomic E-state index is 13.4. The Bertz CT molecular complexity index is 1070. The summed E-state index contributed by atoms with van der Waals surface area (Å²) in [5.74, 6) is -9.06. The fourth-order valence-electron chi connectivity index (χ4n) is 5.86. The Balaban J connectivity index is 1.57. The summed E-state index contributed by atoms with van der Waals surface area (Å²) in [6.07, 6.45) is 3.19. The van der Waals surface area contributed by atoms with Gasteiger partial charge in [0.05, 0.1) is 11.5 Å². The van der Waals surface area contributed by atoms with E-state index in [1.165, 1.54) is 6.07 Å². The summed E-state index contributed by atoms with van der Waals surface area (Å²) >= 11 is 0. The van der Waals surface area contributed by atoms with E-state index in [2.05, 4.69) is 0 Å². The Hall–Kier alpha value is -2.87. The van der Waals surface area contributed by atoms with Crippen molar-refractivity contribution >= 4 is 29.0 Å². The molecule has 1 aromatic rings. The lowest BCUT2D eigenvalue weighted by Crippen LogP contribution is -2.68. The average Bonchev–Trinajstić information content (AvgIpc) is 3.50. The lowest BCUT2D eigenvalue weighted by Gasteiger charge is -2.48. The number of benzene rings is 1. The van der Waals surface area contributed by atoms with E-state index in [0.29, 0.717) is 12.3 Å². The van der Waals surface area contributed by atoms with Gasteiger partial charge < -0.3 is 15.9 Å². The lowest BCUT2D eigenvalue weighted by molar-refractivity contribution is -0.175. The van der Waals surface area contributed by atoms with Crippen molar-refractivity contribution in [3.63, 3.8) is 0 Å². The molecule has 0 saturated heterocycles. The second-order valence-corrected chi connectivity index (χ2v) is 9.48. The van der Waals surface area contributed by atoms with Gasteiger partial charge in [0.1, 0.15) is 5.75 Å². The maximum absolute atomic E-state index is 13.4.